The maximum absolute atomic E-state index is 8.74. The van der Waals surface area contributed by atoms with E-state index < -0.39 is 9.17 Å². The standard InChI is InChI=1S/2H3N.H2O3Si/c;;1-4(2)3/h2*1H3;1-2H. The summed E-state index contributed by atoms with van der Waals surface area (Å²) in [5, 5.41) is 0. The van der Waals surface area contributed by atoms with Gasteiger partial charge in [-0.3, -0.25) is 4.46 Å². The van der Waals surface area contributed by atoms with Gasteiger partial charge in [0.2, 0.25) is 0 Å². The van der Waals surface area contributed by atoms with Crippen LogP contribution in [-0.2, 0) is 4.46 Å². The largest absolute Gasteiger partial charge is 0.761 e. The number of hydrogen-bond acceptors (Lipinski definition) is 3. The molecule has 0 heterocycles. The van der Waals surface area contributed by atoms with E-state index in [1.54, 1.807) is 0 Å². The molecule has 0 amide bonds. The molecule has 0 unspecified atom stereocenters. The topological polar surface area (TPSA) is 128 Å². The molecular formula is H8N2O3Si. The quantitative estimate of drug-likeness (QED) is 0.290. The Bertz CT molecular complexity index is 31.8. The Morgan fingerprint density at radius 1 is 1.17 bits per heavy atom. The van der Waals surface area contributed by atoms with E-state index in [1.807, 2.05) is 0 Å². The van der Waals surface area contributed by atoms with Crippen LogP contribution in [0.4, 0.5) is 0 Å². The second-order valence-electron chi connectivity index (χ2n) is 0.283. The first-order chi connectivity index (χ1) is 1.73. The normalized spacial score (nSPS) is 4.00. The first-order valence-electron chi connectivity index (χ1n) is 0.651. The van der Waals surface area contributed by atoms with E-state index in [1.165, 1.54) is 0 Å². The molecule has 0 aromatic rings. The zero-order valence-electron chi connectivity index (χ0n) is 3.22. The Morgan fingerprint density at radius 2 is 1.17 bits per heavy atom. The van der Waals surface area contributed by atoms with Gasteiger partial charge in [-0.15, -0.1) is 0 Å². The predicted octanol–water partition coefficient (Wildman–Crippen LogP) is -1.29. The third-order valence-electron chi connectivity index (χ3n) is 0. The summed E-state index contributed by atoms with van der Waals surface area (Å²) >= 11 is 0. The number of hydrogen-bond donors (Lipinski definition) is 4. The van der Waals surface area contributed by atoms with Crippen LogP contribution in [0.2, 0.25) is 0 Å². The van der Waals surface area contributed by atoms with Gasteiger partial charge in [0.15, 0.2) is 0 Å². The molecule has 0 aliphatic rings. The van der Waals surface area contributed by atoms with Crippen molar-refractivity contribution in [2.24, 2.45) is 0 Å². The van der Waals surface area contributed by atoms with Crippen molar-refractivity contribution in [2.45, 2.75) is 0 Å². The van der Waals surface area contributed by atoms with Gasteiger partial charge in [-0.25, -0.2) is 0 Å². The maximum Gasteiger partial charge on any atom is 0.761 e. The highest BCUT2D eigenvalue weighted by Gasteiger charge is 1.85. The van der Waals surface area contributed by atoms with Crippen LogP contribution in [0.1, 0.15) is 0 Å². The van der Waals surface area contributed by atoms with Crippen molar-refractivity contribution in [1.82, 2.24) is 12.3 Å². The molecule has 0 saturated carbocycles. The summed E-state index contributed by atoms with van der Waals surface area (Å²) in [5.74, 6) is 0. The first kappa shape index (κ1) is 17.7. The zero-order chi connectivity index (χ0) is 3.58. The van der Waals surface area contributed by atoms with Gasteiger partial charge < -0.3 is 21.9 Å². The fourth-order valence-electron chi connectivity index (χ4n) is 0. The van der Waals surface area contributed by atoms with Crippen LogP contribution in [0.5, 0.6) is 0 Å². The minimum atomic E-state index is -3.13. The van der Waals surface area contributed by atoms with E-state index in [0.717, 1.165) is 0 Å². The second-order valence-corrected chi connectivity index (χ2v) is 0.848. The van der Waals surface area contributed by atoms with E-state index in [4.69, 9.17) is 14.1 Å². The Kier molecular flexibility index (Phi) is 26.0. The second kappa shape index (κ2) is 8.82. The van der Waals surface area contributed by atoms with Gasteiger partial charge in [0, 0.05) is 0 Å². The molecule has 0 saturated heterocycles. The van der Waals surface area contributed by atoms with Crippen molar-refractivity contribution in [3.8, 4) is 0 Å². The lowest BCUT2D eigenvalue weighted by Gasteiger charge is -1.55. The van der Waals surface area contributed by atoms with Gasteiger partial charge in [0.1, 0.15) is 0 Å². The third kappa shape index (κ3) is 106. The van der Waals surface area contributed by atoms with Crippen molar-refractivity contribution in [3.05, 3.63) is 0 Å². The lowest BCUT2D eigenvalue weighted by molar-refractivity contribution is 0.330. The Labute approximate surface area is 36.7 Å². The molecule has 0 aliphatic carbocycles. The van der Waals surface area contributed by atoms with Gasteiger partial charge in [-0.1, -0.05) is 0 Å². The van der Waals surface area contributed by atoms with Crippen LogP contribution < -0.4 is 12.3 Å². The van der Waals surface area contributed by atoms with E-state index in [0.29, 0.717) is 0 Å². The van der Waals surface area contributed by atoms with Gasteiger partial charge in [0.05, 0.1) is 0 Å². The molecule has 0 aromatic heterocycles. The molecular weight excluding hydrogens is 104 g/mol. The maximum atomic E-state index is 8.74. The van der Waals surface area contributed by atoms with E-state index in [9.17, 15) is 0 Å². The fourth-order valence-corrected chi connectivity index (χ4v) is 0. The molecule has 6 heavy (non-hydrogen) atoms. The predicted molar refractivity (Wildman–Crippen MR) is 20.9 cm³/mol. The van der Waals surface area contributed by atoms with Gasteiger partial charge in [-0.2, -0.15) is 0 Å². The Morgan fingerprint density at radius 3 is 1.17 bits per heavy atom. The first-order valence-corrected chi connectivity index (χ1v) is 1.95. The fraction of sp³-hybridized carbons (Fsp3) is 0. The summed E-state index contributed by atoms with van der Waals surface area (Å²) in [4.78, 5) is 14.3. The minimum absolute atomic E-state index is 0. The third-order valence-corrected chi connectivity index (χ3v) is 0. The molecule has 0 rings (SSSR count). The molecule has 0 fully saturated rings. The van der Waals surface area contributed by atoms with Crippen LogP contribution in [0.15, 0.2) is 0 Å². The monoisotopic (exact) mass is 112 g/mol. The molecule has 0 aromatic carbocycles. The molecule has 40 valence electrons. The molecule has 8 N–H and O–H groups in total. The molecule has 0 atom stereocenters. The highest BCUT2D eigenvalue weighted by Crippen LogP contribution is 1.27. The van der Waals surface area contributed by atoms with Gasteiger partial charge in [-0.05, 0) is 0 Å². The van der Waals surface area contributed by atoms with Crippen molar-refractivity contribution in [2.75, 3.05) is 0 Å². The molecule has 0 bridgehead atoms. The van der Waals surface area contributed by atoms with Crippen molar-refractivity contribution in [1.29, 1.82) is 0 Å². The Balaban J connectivity index is -0.0000000450. The molecule has 0 aliphatic heterocycles. The highest BCUT2D eigenvalue weighted by atomic mass is 28.3. The summed E-state index contributed by atoms with van der Waals surface area (Å²) in [7, 11) is -3.13. The summed E-state index contributed by atoms with van der Waals surface area (Å²) in [6.07, 6.45) is 0. The molecule has 5 nitrogen and oxygen atoms in total. The van der Waals surface area contributed by atoms with Crippen molar-refractivity contribution in [3.63, 3.8) is 0 Å². The molecule has 0 radical (unpaired) electrons. The van der Waals surface area contributed by atoms with E-state index in [-0.39, 0.29) is 12.3 Å². The number of rotatable bonds is 0. The van der Waals surface area contributed by atoms with Crippen LogP contribution in [0.25, 0.3) is 0 Å². The van der Waals surface area contributed by atoms with Crippen LogP contribution in [-0.4, -0.2) is 18.8 Å². The zero-order valence-corrected chi connectivity index (χ0v) is 4.22. The lowest BCUT2D eigenvalue weighted by Crippen LogP contribution is -1.90. The SMILES string of the molecule is N.N.O=[Si](O)O. The van der Waals surface area contributed by atoms with Crippen molar-refractivity contribution < 1.29 is 14.1 Å². The van der Waals surface area contributed by atoms with Crippen LogP contribution >= 0.6 is 0 Å². The average Bonchev–Trinajstić information content (AvgIpc) is 0.811. The lowest BCUT2D eigenvalue weighted by atomic mass is 14.0. The van der Waals surface area contributed by atoms with Gasteiger partial charge in [0.25, 0.3) is 0 Å². The van der Waals surface area contributed by atoms with Crippen LogP contribution in [0, 0.1) is 0 Å². The van der Waals surface area contributed by atoms with Gasteiger partial charge >= 0.3 is 9.17 Å². The van der Waals surface area contributed by atoms with E-state index >= 15 is 0 Å². The minimum Gasteiger partial charge on any atom is -0.511 e. The highest BCUT2D eigenvalue weighted by molar-refractivity contribution is 6.22. The smallest absolute Gasteiger partial charge is 0.511 e. The summed E-state index contributed by atoms with van der Waals surface area (Å²) in [5.41, 5.74) is 0. The summed E-state index contributed by atoms with van der Waals surface area (Å²) < 4.78 is 8.74. The molecule has 6 heteroatoms. The van der Waals surface area contributed by atoms with E-state index in [2.05, 4.69) is 0 Å². The van der Waals surface area contributed by atoms with Crippen molar-refractivity contribution >= 4 is 9.17 Å². The average molecular weight is 112 g/mol. The van der Waals surface area contributed by atoms with Crippen LogP contribution in [0.3, 0.4) is 0 Å². The Hall–Kier alpha value is -0.463. The molecule has 0 spiro atoms. The summed E-state index contributed by atoms with van der Waals surface area (Å²) in [6, 6.07) is 0. The summed E-state index contributed by atoms with van der Waals surface area (Å²) in [6.45, 7) is 0.